The predicted octanol–water partition coefficient (Wildman–Crippen LogP) is 3.90. The molecule has 240 valence electrons. The number of unbranched alkanes of at least 4 members (excludes halogenated alkanes) is 2. The smallest absolute Gasteiger partial charge is 0.330 e. The van der Waals surface area contributed by atoms with E-state index in [0.29, 0.717) is 24.2 Å². The molecule has 0 radical (unpaired) electrons. The van der Waals surface area contributed by atoms with E-state index in [4.69, 9.17) is 34.4 Å². The summed E-state index contributed by atoms with van der Waals surface area (Å²) in [7, 11) is -3.49. The SMILES string of the molecule is C#CCCCCNC(=O)Nc1ccc(O[C@H]2O[C@H](CCP(=O)(OCC)OCC)[C@@H](O)[C@H](OC(C)=O)[C@@H]2OC(C)=O)cc1C. The Kier molecular flexibility index (Phi) is 15.0. The van der Waals surface area contributed by atoms with Crippen molar-refractivity contribution in [2.45, 2.75) is 91.0 Å². The van der Waals surface area contributed by atoms with Crippen molar-refractivity contribution in [1.29, 1.82) is 0 Å². The predicted molar refractivity (Wildman–Crippen MR) is 158 cm³/mol. The molecule has 43 heavy (non-hydrogen) atoms. The summed E-state index contributed by atoms with van der Waals surface area (Å²) in [5.74, 6) is 1.39. The fraction of sp³-hybridized carbons (Fsp3) is 0.621. The molecule has 1 heterocycles. The molecule has 0 unspecified atom stereocenters. The van der Waals surface area contributed by atoms with Gasteiger partial charge in [0.05, 0.1) is 25.5 Å². The summed E-state index contributed by atoms with van der Waals surface area (Å²) in [4.78, 5) is 36.2. The lowest BCUT2D eigenvalue weighted by Crippen LogP contribution is -2.61. The largest absolute Gasteiger partial charge is 0.461 e. The van der Waals surface area contributed by atoms with E-state index in [9.17, 15) is 24.1 Å². The second-order valence-electron chi connectivity index (χ2n) is 9.78. The number of aliphatic hydroxyl groups is 1. The van der Waals surface area contributed by atoms with Gasteiger partial charge in [-0.15, -0.1) is 12.3 Å². The van der Waals surface area contributed by atoms with E-state index in [-0.39, 0.29) is 37.6 Å². The Bertz CT molecular complexity index is 1160. The zero-order chi connectivity index (χ0) is 32.0. The maximum atomic E-state index is 13.0. The molecule has 0 saturated carbocycles. The highest BCUT2D eigenvalue weighted by Gasteiger charge is 2.51. The number of aryl methyl sites for hydroxylation is 1. The summed E-state index contributed by atoms with van der Waals surface area (Å²) in [6.07, 6.45) is 0.821. The van der Waals surface area contributed by atoms with Gasteiger partial charge in [-0.3, -0.25) is 14.2 Å². The number of benzene rings is 1. The van der Waals surface area contributed by atoms with Gasteiger partial charge in [-0.1, -0.05) is 0 Å². The minimum atomic E-state index is -3.49. The lowest BCUT2D eigenvalue weighted by Gasteiger charge is -2.43. The molecule has 1 aliphatic heterocycles. The van der Waals surface area contributed by atoms with Crippen molar-refractivity contribution in [3.63, 3.8) is 0 Å². The lowest BCUT2D eigenvalue weighted by molar-refractivity contribution is -0.280. The van der Waals surface area contributed by atoms with Gasteiger partial charge in [0.15, 0.2) is 6.10 Å². The number of carbonyl (C=O) groups excluding carboxylic acids is 3. The Morgan fingerprint density at radius 2 is 1.72 bits per heavy atom. The molecule has 1 aliphatic rings. The third-order valence-electron chi connectivity index (χ3n) is 6.29. The monoisotopic (exact) mass is 626 g/mol. The molecule has 5 atom stereocenters. The van der Waals surface area contributed by atoms with Crippen molar-refractivity contribution in [1.82, 2.24) is 5.32 Å². The fourth-order valence-corrected chi connectivity index (χ4v) is 6.11. The highest BCUT2D eigenvalue weighted by molar-refractivity contribution is 7.53. The number of hydrogen-bond acceptors (Lipinski definition) is 11. The van der Waals surface area contributed by atoms with Crippen LogP contribution in [0.5, 0.6) is 5.75 Å². The van der Waals surface area contributed by atoms with Gasteiger partial charge < -0.3 is 43.7 Å². The molecular formula is C29H43N2O11P. The molecule has 1 fully saturated rings. The van der Waals surface area contributed by atoms with Crippen LogP contribution < -0.4 is 15.4 Å². The van der Waals surface area contributed by atoms with E-state index in [1.54, 1.807) is 39.0 Å². The van der Waals surface area contributed by atoms with Gasteiger partial charge in [-0.25, -0.2) is 4.79 Å². The normalized spacial score (nSPS) is 21.7. The third-order valence-corrected chi connectivity index (χ3v) is 8.40. The summed E-state index contributed by atoms with van der Waals surface area (Å²) >= 11 is 0. The number of rotatable bonds is 16. The molecule has 13 nitrogen and oxygen atoms in total. The van der Waals surface area contributed by atoms with Crippen molar-refractivity contribution in [3.05, 3.63) is 23.8 Å². The Morgan fingerprint density at radius 1 is 1.07 bits per heavy atom. The number of ether oxygens (including phenoxy) is 4. The number of esters is 2. The Balaban J connectivity index is 2.24. The van der Waals surface area contributed by atoms with Crippen LogP contribution in [0.3, 0.4) is 0 Å². The van der Waals surface area contributed by atoms with Crippen LogP contribution in [0.4, 0.5) is 10.5 Å². The number of nitrogens with one attached hydrogen (secondary N) is 2. The van der Waals surface area contributed by atoms with Gasteiger partial charge in [0.2, 0.25) is 12.4 Å². The highest BCUT2D eigenvalue weighted by Crippen LogP contribution is 2.49. The van der Waals surface area contributed by atoms with Gasteiger partial charge in [-0.2, -0.15) is 0 Å². The summed E-state index contributed by atoms with van der Waals surface area (Å²) in [5.41, 5.74) is 1.19. The zero-order valence-corrected chi connectivity index (χ0v) is 26.2. The van der Waals surface area contributed by atoms with Crippen molar-refractivity contribution >= 4 is 31.3 Å². The van der Waals surface area contributed by atoms with Crippen molar-refractivity contribution in [3.8, 4) is 18.1 Å². The number of hydrogen-bond donors (Lipinski definition) is 3. The van der Waals surface area contributed by atoms with Gasteiger partial charge >= 0.3 is 25.6 Å². The number of terminal acetylenes is 1. The van der Waals surface area contributed by atoms with Crippen LogP contribution in [-0.4, -0.2) is 79.7 Å². The minimum Gasteiger partial charge on any atom is -0.461 e. The number of anilines is 1. The van der Waals surface area contributed by atoms with Crippen molar-refractivity contribution in [2.75, 3.05) is 31.2 Å². The van der Waals surface area contributed by atoms with Gasteiger partial charge in [0, 0.05) is 32.5 Å². The van der Waals surface area contributed by atoms with Gasteiger partial charge in [0.25, 0.3) is 0 Å². The van der Waals surface area contributed by atoms with E-state index in [1.165, 1.54) is 0 Å². The Morgan fingerprint density at radius 3 is 2.30 bits per heavy atom. The van der Waals surface area contributed by atoms with Crippen LogP contribution in [0.1, 0.15) is 58.9 Å². The lowest BCUT2D eigenvalue weighted by atomic mass is 9.96. The van der Waals surface area contributed by atoms with Crippen LogP contribution in [-0.2, 0) is 37.4 Å². The molecule has 2 amide bonds. The van der Waals surface area contributed by atoms with Crippen LogP contribution in [0.25, 0.3) is 0 Å². The summed E-state index contributed by atoms with van der Waals surface area (Å²) in [5, 5.41) is 16.6. The molecule has 0 aromatic heterocycles. The molecule has 1 saturated heterocycles. The van der Waals surface area contributed by atoms with Crippen molar-refractivity contribution < 1.29 is 52.1 Å². The Labute approximate surface area is 252 Å². The molecule has 1 aromatic carbocycles. The van der Waals surface area contributed by atoms with Crippen molar-refractivity contribution in [2.24, 2.45) is 0 Å². The number of aliphatic hydroxyl groups excluding tert-OH is 1. The van der Waals surface area contributed by atoms with Crippen LogP contribution >= 0.6 is 7.60 Å². The summed E-state index contributed by atoms with van der Waals surface area (Å²) < 4.78 is 46.6. The fourth-order valence-electron chi connectivity index (χ4n) is 4.42. The molecule has 0 aliphatic carbocycles. The number of carbonyl (C=O) groups is 3. The number of urea groups is 1. The molecule has 1 aromatic rings. The maximum Gasteiger partial charge on any atom is 0.330 e. The summed E-state index contributed by atoms with van der Waals surface area (Å²) in [6.45, 7) is 8.21. The van der Waals surface area contributed by atoms with Crippen LogP contribution in [0.15, 0.2) is 18.2 Å². The minimum absolute atomic E-state index is 0.0113. The number of amides is 2. The first-order valence-electron chi connectivity index (χ1n) is 14.2. The van der Waals surface area contributed by atoms with E-state index in [2.05, 4.69) is 16.6 Å². The molecule has 0 spiro atoms. The van der Waals surface area contributed by atoms with E-state index >= 15 is 0 Å². The average molecular weight is 627 g/mol. The molecule has 3 N–H and O–H groups in total. The quantitative estimate of drug-likeness (QED) is 0.105. The molecule has 0 bridgehead atoms. The van der Waals surface area contributed by atoms with E-state index < -0.39 is 50.2 Å². The second kappa shape index (κ2) is 17.9. The molecule has 2 rings (SSSR count). The van der Waals surface area contributed by atoms with Crippen LogP contribution in [0, 0.1) is 19.3 Å². The van der Waals surface area contributed by atoms with Gasteiger partial charge in [0.1, 0.15) is 11.9 Å². The average Bonchev–Trinajstić information content (AvgIpc) is 2.92. The summed E-state index contributed by atoms with van der Waals surface area (Å²) in [6, 6.07) is 4.46. The first-order chi connectivity index (χ1) is 20.4. The standard InChI is InChI=1S/C29H43N2O11P/c1-7-10-11-12-16-30-29(35)31-23-14-13-22(18-19(23)4)41-28-27(40-21(6)33)26(39-20(5)32)25(34)24(42-28)15-17-43(36,37-8-2)38-9-3/h1,13-14,18,24-28,34H,8-12,15-17H2,2-6H3,(H2,30,31,35)/t24-,25-,26+,27+,28+/m1/s1. The van der Waals surface area contributed by atoms with E-state index in [1.807, 2.05) is 0 Å². The second-order valence-corrected chi connectivity index (χ2v) is 12.0. The first-order valence-corrected chi connectivity index (χ1v) is 16.0. The maximum absolute atomic E-state index is 13.0. The van der Waals surface area contributed by atoms with Crippen LogP contribution in [0.2, 0.25) is 0 Å². The highest BCUT2D eigenvalue weighted by atomic mass is 31.2. The zero-order valence-electron chi connectivity index (χ0n) is 25.3. The third kappa shape index (κ3) is 11.8. The topological polar surface area (TPSA) is 168 Å². The molecular weight excluding hydrogens is 583 g/mol. The first kappa shape index (κ1) is 36.1. The van der Waals surface area contributed by atoms with E-state index in [0.717, 1.165) is 26.7 Å². The Hall–Kier alpha value is -3.14. The molecule has 14 heteroatoms. The van der Waals surface area contributed by atoms with Gasteiger partial charge in [-0.05, 0) is 63.8 Å².